The molecule has 0 unspecified atom stereocenters. The van der Waals surface area contributed by atoms with Gasteiger partial charge in [-0.2, -0.15) is 0 Å². The van der Waals surface area contributed by atoms with Gasteiger partial charge in [-0.15, -0.1) is 0 Å². The number of hydrogen-bond acceptors (Lipinski definition) is 2. The largest absolute Gasteiger partial charge is 0.345 e. The molecule has 1 amide bonds. The van der Waals surface area contributed by atoms with Gasteiger partial charge < -0.3 is 10.6 Å². The molecule has 0 heterocycles. The van der Waals surface area contributed by atoms with Gasteiger partial charge in [0.15, 0.2) is 0 Å². The zero-order valence-electron chi connectivity index (χ0n) is 10.6. The van der Waals surface area contributed by atoms with E-state index in [4.69, 9.17) is 5.73 Å². The van der Waals surface area contributed by atoms with Crippen molar-refractivity contribution in [3.05, 3.63) is 0 Å². The van der Waals surface area contributed by atoms with Crippen LogP contribution in [0.3, 0.4) is 0 Å². The second-order valence-electron chi connectivity index (χ2n) is 5.02. The van der Waals surface area contributed by atoms with Crippen LogP contribution in [-0.2, 0) is 4.79 Å². The Labute approximate surface area is 99.4 Å². The van der Waals surface area contributed by atoms with Crippen molar-refractivity contribution < 1.29 is 4.79 Å². The summed E-state index contributed by atoms with van der Waals surface area (Å²) in [5, 5.41) is 0. The lowest BCUT2D eigenvalue weighted by Crippen LogP contribution is -2.34. The highest BCUT2D eigenvalue weighted by atomic mass is 16.2. The van der Waals surface area contributed by atoms with Crippen molar-refractivity contribution in [3.63, 3.8) is 0 Å². The maximum Gasteiger partial charge on any atom is 0.222 e. The standard InChI is InChI=1S/C13H26N2O/c1-15(11-12-7-6-8-12)13(16)9-4-2-3-5-10-14/h12H,2-11,14H2,1H3. The van der Waals surface area contributed by atoms with E-state index in [-0.39, 0.29) is 0 Å². The van der Waals surface area contributed by atoms with E-state index in [0.717, 1.165) is 44.7 Å². The molecule has 94 valence electrons. The third-order valence-corrected chi connectivity index (χ3v) is 3.53. The summed E-state index contributed by atoms with van der Waals surface area (Å²) in [6, 6.07) is 0. The lowest BCUT2D eigenvalue weighted by molar-refractivity contribution is -0.130. The molecule has 1 aliphatic rings. The fourth-order valence-corrected chi connectivity index (χ4v) is 2.13. The van der Waals surface area contributed by atoms with Gasteiger partial charge in [0.25, 0.3) is 0 Å². The quantitative estimate of drug-likeness (QED) is 0.645. The third-order valence-electron chi connectivity index (χ3n) is 3.53. The first-order chi connectivity index (χ1) is 7.74. The lowest BCUT2D eigenvalue weighted by Gasteiger charge is -2.30. The Morgan fingerprint density at radius 3 is 2.50 bits per heavy atom. The van der Waals surface area contributed by atoms with Gasteiger partial charge in [-0.1, -0.05) is 19.3 Å². The van der Waals surface area contributed by atoms with Gasteiger partial charge in [0, 0.05) is 20.0 Å². The van der Waals surface area contributed by atoms with Crippen LogP contribution in [0, 0.1) is 5.92 Å². The van der Waals surface area contributed by atoms with E-state index in [2.05, 4.69) is 0 Å². The molecule has 0 bridgehead atoms. The summed E-state index contributed by atoms with van der Waals surface area (Å²) in [4.78, 5) is 13.7. The van der Waals surface area contributed by atoms with E-state index in [0.29, 0.717) is 12.3 Å². The second kappa shape index (κ2) is 7.66. The van der Waals surface area contributed by atoms with E-state index in [9.17, 15) is 4.79 Å². The SMILES string of the molecule is CN(CC1CCC1)C(=O)CCCCCCN. The molecular weight excluding hydrogens is 200 g/mol. The molecule has 3 heteroatoms. The average Bonchev–Trinajstić information content (AvgIpc) is 2.22. The molecule has 0 aromatic rings. The highest BCUT2D eigenvalue weighted by molar-refractivity contribution is 5.75. The molecule has 0 saturated heterocycles. The smallest absolute Gasteiger partial charge is 0.222 e. The van der Waals surface area contributed by atoms with Gasteiger partial charge in [0.05, 0.1) is 0 Å². The number of unbranched alkanes of at least 4 members (excludes halogenated alkanes) is 3. The number of hydrogen-bond donors (Lipinski definition) is 1. The normalized spacial score (nSPS) is 15.9. The van der Waals surface area contributed by atoms with Crippen LogP contribution >= 0.6 is 0 Å². The molecule has 1 aliphatic carbocycles. The maximum atomic E-state index is 11.8. The molecule has 1 fully saturated rings. The van der Waals surface area contributed by atoms with Crippen LogP contribution in [0.4, 0.5) is 0 Å². The minimum Gasteiger partial charge on any atom is -0.345 e. The highest BCUT2D eigenvalue weighted by Gasteiger charge is 2.20. The van der Waals surface area contributed by atoms with Gasteiger partial charge >= 0.3 is 0 Å². The number of nitrogens with zero attached hydrogens (tertiary/aromatic N) is 1. The van der Waals surface area contributed by atoms with Crippen LogP contribution in [0.1, 0.15) is 51.4 Å². The van der Waals surface area contributed by atoms with Crippen LogP contribution in [-0.4, -0.2) is 30.9 Å². The molecule has 16 heavy (non-hydrogen) atoms. The minimum absolute atomic E-state index is 0.319. The molecule has 0 aromatic heterocycles. The Kier molecular flexibility index (Phi) is 6.46. The van der Waals surface area contributed by atoms with Crippen LogP contribution < -0.4 is 5.73 Å². The molecular formula is C13H26N2O. The molecule has 0 atom stereocenters. The van der Waals surface area contributed by atoms with Gasteiger partial charge in [0.2, 0.25) is 5.91 Å². The summed E-state index contributed by atoms with van der Waals surface area (Å²) in [6.07, 6.45) is 9.11. The monoisotopic (exact) mass is 226 g/mol. The summed E-state index contributed by atoms with van der Waals surface area (Å²) in [7, 11) is 1.94. The molecule has 0 aromatic carbocycles. The summed E-state index contributed by atoms with van der Waals surface area (Å²) in [5.41, 5.74) is 5.42. The van der Waals surface area contributed by atoms with Crippen LogP contribution in [0.15, 0.2) is 0 Å². The van der Waals surface area contributed by atoms with Crippen molar-refractivity contribution in [3.8, 4) is 0 Å². The summed E-state index contributed by atoms with van der Waals surface area (Å²) in [5.74, 6) is 1.10. The van der Waals surface area contributed by atoms with Crippen molar-refractivity contribution in [2.75, 3.05) is 20.1 Å². The highest BCUT2D eigenvalue weighted by Crippen LogP contribution is 2.26. The summed E-state index contributed by atoms with van der Waals surface area (Å²) >= 11 is 0. The zero-order valence-corrected chi connectivity index (χ0v) is 10.6. The Morgan fingerprint density at radius 1 is 1.25 bits per heavy atom. The fourth-order valence-electron chi connectivity index (χ4n) is 2.13. The number of amides is 1. The predicted octanol–water partition coefficient (Wildman–Crippen LogP) is 2.15. The predicted molar refractivity (Wildman–Crippen MR) is 67.1 cm³/mol. The second-order valence-corrected chi connectivity index (χ2v) is 5.02. The van der Waals surface area contributed by atoms with Crippen molar-refractivity contribution in [2.45, 2.75) is 51.4 Å². The van der Waals surface area contributed by atoms with E-state index in [1.807, 2.05) is 11.9 Å². The first kappa shape index (κ1) is 13.5. The third kappa shape index (κ3) is 4.97. The average molecular weight is 226 g/mol. The van der Waals surface area contributed by atoms with Gasteiger partial charge in [0.1, 0.15) is 0 Å². The van der Waals surface area contributed by atoms with Crippen LogP contribution in [0.25, 0.3) is 0 Å². The maximum absolute atomic E-state index is 11.8. The molecule has 0 aliphatic heterocycles. The Hall–Kier alpha value is -0.570. The Balaban J connectivity index is 1.99. The first-order valence-corrected chi connectivity index (χ1v) is 6.68. The molecule has 1 rings (SSSR count). The summed E-state index contributed by atoms with van der Waals surface area (Å²) in [6.45, 7) is 1.75. The number of rotatable bonds is 8. The van der Waals surface area contributed by atoms with E-state index in [1.165, 1.54) is 19.3 Å². The molecule has 1 saturated carbocycles. The number of carbonyl (C=O) groups is 1. The van der Waals surface area contributed by atoms with E-state index >= 15 is 0 Å². The summed E-state index contributed by atoms with van der Waals surface area (Å²) < 4.78 is 0. The van der Waals surface area contributed by atoms with E-state index < -0.39 is 0 Å². The molecule has 2 N–H and O–H groups in total. The van der Waals surface area contributed by atoms with Crippen molar-refractivity contribution >= 4 is 5.91 Å². The number of carbonyl (C=O) groups excluding carboxylic acids is 1. The first-order valence-electron chi connectivity index (χ1n) is 6.68. The fraction of sp³-hybridized carbons (Fsp3) is 0.923. The van der Waals surface area contributed by atoms with Crippen molar-refractivity contribution in [1.82, 2.24) is 4.90 Å². The van der Waals surface area contributed by atoms with Crippen LogP contribution in [0.2, 0.25) is 0 Å². The van der Waals surface area contributed by atoms with Crippen molar-refractivity contribution in [2.24, 2.45) is 11.7 Å². The van der Waals surface area contributed by atoms with Gasteiger partial charge in [-0.3, -0.25) is 4.79 Å². The van der Waals surface area contributed by atoms with Gasteiger partial charge in [-0.05, 0) is 38.1 Å². The zero-order chi connectivity index (χ0) is 11.8. The lowest BCUT2D eigenvalue weighted by atomic mass is 9.85. The van der Waals surface area contributed by atoms with E-state index in [1.54, 1.807) is 0 Å². The Bertz CT molecular complexity index is 202. The van der Waals surface area contributed by atoms with Crippen molar-refractivity contribution in [1.29, 1.82) is 0 Å². The number of nitrogens with two attached hydrogens (primary N) is 1. The Morgan fingerprint density at radius 2 is 1.94 bits per heavy atom. The molecule has 0 spiro atoms. The van der Waals surface area contributed by atoms with Gasteiger partial charge in [-0.25, -0.2) is 0 Å². The molecule has 0 radical (unpaired) electrons. The minimum atomic E-state index is 0.319. The topological polar surface area (TPSA) is 46.3 Å². The van der Waals surface area contributed by atoms with Crippen LogP contribution in [0.5, 0.6) is 0 Å². The molecule has 3 nitrogen and oxygen atoms in total.